The number of likely N-dealkylation sites (tertiary alicyclic amines) is 1. The summed E-state index contributed by atoms with van der Waals surface area (Å²) in [6, 6.07) is 16.5. The maximum Gasteiger partial charge on any atom is 0.309 e. The molecule has 1 amide bonds. The number of amides is 1. The van der Waals surface area contributed by atoms with Crippen molar-refractivity contribution in [3.63, 3.8) is 0 Å². The molecule has 0 radical (unpaired) electrons. The largest absolute Gasteiger partial charge is 0.464 e. The second-order valence-electron chi connectivity index (χ2n) is 10.3. The van der Waals surface area contributed by atoms with Gasteiger partial charge in [-0.25, -0.2) is 0 Å². The number of piperidine rings is 1. The summed E-state index contributed by atoms with van der Waals surface area (Å²) in [5.74, 6) is -0.584. The number of ketones is 1. The molecule has 1 aliphatic heterocycles. The van der Waals surface area contributed by atoms with Gasteiger partial charge in [-0.15, -0.1) is 0 Å². The molecule has 2 aromatic carbocycles. The van der Waals surface area contributed by atoms with Gasteiger partial charge in [0.05, 0.1) is 5.92 Å². The molecule has 4 rings (SSSR count). The van der Waals surface area contributed by atoms with Crippen molar-refractivity contribution in [1.82, 2.24) is 9.80 Å². The lowest BCUT2D eigenvalue weighted by Crippen LogP contribution is -2.39. The van der Waals surface area contributed by atoms with Crippen LogP contribution in [0.15, 0.2) is 60.7 Å². The van der Waals surface area contributed by atoms with Crippen molar-refractivity contribution in [2.24, 2.45) is 5.92 Å². The molecular formula is C32H38N2O5. The van der Waals surface area contributed by atoms with Crippen LogP contribution in [-0.2, 0) is 32.1 Å². The predicted molar refractivity (Wildman–Crippen MR) is 152 cm³/mol. The summed E-state index contributed by atoms with van der Waals surface area (Å²) in [6.07, 6.45) is 8.58. The monoisotopic (exact) mass is 530 g/mol. The number of carbonyl (C=O) groups excluding carboxylic acids is 3. The Bertz CT molecular complexity index is 1210. The van der Waals surface area contributed by atoms with Gasteiger partial charge in [0.15, 0.2) is 5.78 Å². The molecule has 1 fully saturated rings. The number of ether oxygens (including phenoxy) is 1. The zero-order valence-corrected chi connectivity index (χ0v) is 22.7. The number of aliphatic hydroxyl groups is 1. The Morgan fingerprint density at radius 2 is 1.79 bits per heavy atom. The Morgan fingerprint density at radius 1 is 1.05 bits per heavy atom. The number of hydrogen-bond acceptors (Lipinski definition) is 6. The fourth-order valence-electron chi connectivity index (χ4n) is 5.20. The number of rotatable bonds is 12. The number of hydrogen-bond donors (Lipinski definition) is 1. The average molecular weight is 531 g/mol. The molecule has 0 unspecified atom stereocenters. The van der Waals surface area contributed by atoms with Crippen LogP contribution in [0.3, 0.4) is 0 Å². The maximum atomic E-state index is 12.7. The van der Waals surface area contributed by atoms with Gasteiger partial charge < -0.3 is 14.7 Å². The van der Waals surface area contributed by atoms with Gasteiger partial charge in [-0.05, 0) is 59.6 Å². The number of allylic oxidation sites excluding steroid dienone is 1. The number of benzene rings is 2. The van der Waals surface area contributed by atoms with Crippen molar-refractivity contribution in [2.45, 2.75) is 39.2 Å². The van der Waals surface area contributed by atoms with E-state index in [0.29, 0.717) is 45.6 Å². The van der Waals surface area contributed by atoms with Gasteiger partial charge in [0, 0.05) is 39.6 Å². The quantitative estimate of drug-likeness (QED) is 0.331. The van der Waals surface area contributed by atoms with Crippen LogP contribution in [0.4, 0.5) is 0 Å². The first-order valence-electron chi connectivity index (χ1n) is 13.8. The first-order chi connectivity index (χ1) is 18.9. The molecule has 0 atom stereocenters. The second kappa shape index (κ2) is 14.0. The molecule has 2 aliphatic rings. The zero-order valence-electron chi connectivity index (χ0n) is 22.7. The third-order valence-electron chi connectivity index (χ3n) is 7.56. The third-order valence-corrected chi connectivity index (χ3v) is 7.56. The highest BCUT2D eigenvalue weighted by atomic mass is 16.5. The van der Waals surface area contributed by atoms with Crippen LogP contribution in [0.5, 0.6) is 0 Å². The molecule has 1 heterocycles. The normalized spacial score (nSPS) is 15.5. The van der Waals surface area contributed by atoms with E-state index in [1.165, 1.54) is 22.8 Å². The van der Waals surface area contributed by atoms with E-state index >= 15 is 0 Å². The maximum absolute atomic E-state index is 12.7. The SMILES string of the molecule is CC(=O)N1CCC(C(=O)OCCN(CCC2=CCc3ccccc32)Cc2ccc(/C=C/C(=O)CO)cc2)CC1. The van der Waals surface area contributed by atoms with Crippen LogP contribution in [0.1, 0.15) is 48.4 Å². The fraction of sp³-hybridized carbons (Fsp3) is 0.406. The molecule has 1 saturated heterocycles. The molecule has 0 saturated carbocycles. The number of carbonyl (C=O) groups is 3. The topological polar surface area (TPSA) is 87.2 Å². The van der Waals surface area contributed by atoms with Gasteiger partial charge in [0.1, 0.15) is 13.2 Å². The Kier molecular flexibility index (Phi) is 10.2. The second-order valence-corrected chi connectivity index (χ2v) is 10.3. The van der Waals surface area contributed by atoms with Crippen LogP contribution in [-0.4, -0.2) is 72.0 Å². The minimum Gasteiger partial charge on any atom is -0.464 e. The van der Waals surface area contributed by atoms with Gasteiger partial charge in [0.2, 0.25) is 5.91 Å². The molecule has 0 bridgehead atoms. The molecule has 1 N–H and O–H groups in total. The number of esters is 1. The molecule has 7 heteroatoms. The van der Waals surface area contributed by atoms with Crippen molar-refractivity contribution in [3.05, 3.63) is 82.9 Å². The van der Waals surface area contributed by atoms with Crippen molar-refractivity contribution in [2.75, 3.05) is 39.4 Å². The highest BCUT2D eigenvalue weighted by Gasteiger charge is 2.27. The molecule has 206 valence electrons. The summed E-state index contributed by atoms with van der Waals surface area (Å²) in [5, 5.41) is 8.89. The summed E-state index contributed by atoms with van der Waals surface area (Å²) in [6.45, 7) is 4.78. The molecule has 0 aromatic heterocycles. The minimum atomic E-state index is -0.493. The van der Waals surface area contributed by atoms with Gasteiger partial charge in [-0.2, -0.15) is 0 Å². The summed E-state index contributed by atoms with van der Waals surface area (Å²) in [7, 11) is 0. The van der Waals surface area contributed by atoms with E-state index in [9.17, 15) is 14.4 Å². The smallest absolute Gasteiger partial charge is 0.309 e. The fourth-order valence-corrected chi connectivity index (χ4v) is 5.20. The first kappa shape index (κ1) is 28.5. The Hall–Kier alpha value is -3.55. The Labute approximate surface area is 230 Å². The average Bonchev–Trinajstić information content (AvgIpc) is 3.38. The van der Waals surface area contributed by atoms with Crippen LogP contribution >= 0.6 is 0 Å². The summed E-state index contributed by atoms with van der Waals surface area (Å²) in [5.41, 5.74) is 6.08. The van der Waals surface area contributed by atoms with Crippen LogP contribution in [0.25, 0.3) is 11.6 Å². The molecular weight excluding hydrogens is 492 g/mol. The van der Waals surface area contributed by atoms with Gasteiger partial charge >= 0.3 is 5.97 Å². The number of fused-ring (bicyclic) bond motifs is 1. The van der Waals surface area contributed by atoms with E-state index in [1.807, 2.05) is 24.3 Å². The van der Waals surface area contributed by atoms with Crippen molar-refractivity contribution in [1.29, 1.82) is 0 Å². The number of aliphatic hydroxyl groups excluding tert-OH is 1. The van der Waals surface area contributed by atoms with Crippen LogP contribution < -0.4 is 0 Å². The standard InChI is InChI=1S/C32H38N2O5/c1-24(36)34-18-15-29(16-19-34)32(38)39-21-20-33(17-14-28-12-11-27-4-2-3-5-31(27)28)22-26-8-6-25(7-9-26)10-13-30(37)23-35/h2-10,12-13,29,35H,11,14-23H2,1H3/b13-10+. The van der Waals surface area contributed by atoms with Crippen LogP contribution in [0, 0.1) is 5.92 Å². The lowest BCUT2D eigenvalue weighted by molar-refractivity contribution is -0.152. The third kappa shape index (κ3) is 8.22. The summed E-state index contributed by atoms with van der Waals surface area (Å²) >= 11 is 0. The molecule has 7 nitrogen and oxygen atoms in total. The van der Waals surface area contributed by atoms with Gasteiger partial charge in [-0.1, -0.05) is 60.7 Å². The first-order valence-corrected chi connectivity index (χ1v) is 13.8. The van der Waals surface area contributed by atoms with Gasteiger partial charge in [0.25, 0.3) is 0 Å². The Morgan fingerprint density at radius 3 is 2.51 bits per heavy atom. The van der Waals surface area contributed by atoms with E-state index in [1.54, 1.807) is 17.9 Å². The summed E-state index contributed by atoms with van der Waals surface area (Å²) < 4.78 is 5.70. The molecule has 39 heavy (non-hydrogen) atoms. The van der Waals surface area contributed by atoms with E-state index < -0.39 is 6.61 Å². The van der Waals surface area contributed by atoms with E-state index in [0.717, 1.165) is 30.5 Å². The van der Waals surface area contributed by atoms with E-state index in [2.05, 4.69) is 35.2 Å². The molecule has 0 spiro atoms. The van der Waals surface area contributed by atoms with Gasteiger partial charge in [-0.3, -0.25) is 19.3 Å². The Balaban J connectivity index is 1.34. The summed E-state index contributed by atoms with van der Waals surface area (Å²) in [4.78, 5) is 39.7. The highest BCUT2D eigenvalue weighted by molar-refractivity contribution is 5.94. The molecule has 2 aromatic rings. The lowest BCUT2D eigenvalue weighted by atomic mass is 9.97. The number of nitrogens with zero attached hydrogens (tertiary/aromatic N) is 2. The van der Waals surface area contributed by atoms with Crippen molar-refractivity contribution in [3.8, 4) is 0 Å². The zero-order chi connectivity index (χ0) is 27.6. The van der Waals surface area contributed by atoms with Crippen molar-refractivity contribution < 1.29 is 24.2 Å². The predicted octanol–water partition coefficient (Wildman–Crippen LogP) is 3.89. The highest BCUT2D eigenvalue weighted by Crippen LogP contribution is 2.29. The van der Waals surface area contributed by atoms with E-state index in [-0.39, 0.29) is 23.6 Å². The van der Waals surface area contributed by atoms with Crippen molar-refractivity contribution >= 4 is 29.3 Å². The van der Waals surface area contributed by atoms with E-state index in [4.69, 9.17) is 9.84 Å². The van der Waals surface area contributed by atoms with Crippen LogP contribution in [0.2, 0.25) is 0 Å². The molecule has 1 aliphatic carbocycles. The lowest BCUT2D eigenvalue weighted by Gasteiger charge is -2.30. The minimum absolute atomic E-state index is 0.0557.